The van der Waals surface area contributed by atoms with Gasteiger partial charge in [0.05, 0.1) is 16.8 Å². The van der Waals surface area contributed by atoms with E-state index >= 15 is 0 Å². The van der Waals surface area contributed by atoms with Gasteiger partial charge in [0.2, 0.25) is 0 Å². The van der Waals surface area contributed by atoms with Crippen molar-refractivity contribution in [3.63, 3.8) is 0 Å². The highest BCUT2D eigenvalue weighted by atomic mass is 35.5. The van der Waals surface area contributed by atoms with Crippen molar-refractivity contribution in [3.05, 3.63) is 52.1 Å². The molecule has 22 heavy (non-hydrogen) atoms. The minimum absolute atomic E-state index is 0.140. The fourth-order valence-electron chi connectivity index (χ4n) is 3.01. The average Bonchev–Trinajstić information content (AvgIpc) is 3.01. The summed E-state index contributed by atoms with van der Waals surface area (Å²) in [6, 6.07) is 6.77. The summed E-state index contributed by atoms with van der Waals surface area (Å²) in [6.07, 6.45) is 0.388. The number of nitrogens with one attached hydrogen (secondary N) is 1. The summed E-state index contributed by atoms with van der Waals surface area (Å²) in [5.74, 6) is -0.239. The van der Waals surface area contributed by atoms with E-state index in [0.717, 1.165) is 29.9 Å². The number of hydrogen-bond acceptors (Lipinski definition) is 3. The predicted octanol–water partition coefficient (Wildman–Crippen LogP) is 2.55. The minimum Gasteiger partial charge on any atom is -0.391 e. The first-order valence-corrected chi connectivity index (χ1v) is 7.74. The number of aliphatic hydroxyl groups excluding tert-OH is 1. The number of nitrogens with zero attached hydrogens (tertiary/aromatic N) is 2. The second-order valence-corrected chi connectivity index (χ2v) is 6.42. The maximum Gasteiger partial charge on any atom is 0.141 e. The number of aromatic amines is 1. The van der Waals surface area contributed by atoms with Gasteiger partial charge in [-0.2, -0.15) is 5.10 Å². The highest BCUT2D eigenvalue weighted by Crippen LogP contribution is 2.24. The molecule has 1 fully saturated rings. The number of aliphatic hydroxyl groups is 1. The van der Waals surface area contributed by atoms with Gasteiger partial charge in [-0.05, 0) is 37.1 Å². The van der Waals surface area contributed by atoms with E-state index in [9.17, 15) is 9.50 Å². The Kier molecular flexibility index (Phi) is 4.47. The van der Waals surface area contributed by atoms with Gasteiger partial charge in [0.15, 0.2) is 0 Å². The van der Waals surface area contributed by atoms with Crippen LogP contribution in [0.4, 0.5) is 4.39 Å². The fourth-order valence-corrected chi connectivity index (χ4v) is 3.22. The Balaban J connectivity index is 1.61. The molecule has 118 valence electrons. The quantitative estimate of drug-likeness (QED) is 0.909. The molecule has 0 saturated carbocycles. The van der Waals surface area contributed by atoms with Crippen LogP contribution in [0, 0.1) is 18.7 Å². The third-order valence-electron chi connectivity index (χ3n) is 4.10. The number of benzene rings is 1. The summed E-state index contributed by atoms with van der Waals surface area (Å²) in [4.78, 5) is 2.17. The lowest BCUT2D eigenvalue weighted by molar-refractivity contribution is 0.140. The van der Waals surface area contributed by atoms with Crippen molar-refractivity contribution in [1.82, 2.24) is 15.1 Å². The van der Waals surface area contributed by atoms with Crippen molar-refractivity contribution in [3.8, 4) is 0 Å². The molecular weight excluding hydrogens is 305 g/mol. The molecule has 4 nitrogen and oxygen atoms in total. The van der Waals surface area contributed by atoms with Gasteiger partial charge in [0.1, 0.15) is 5.82 Å². The standard InChI is InChI=1S/C16H19ClFN3O/c1-10-4-13(20-19-10)6-12-8-21(9-16(12)22)7-11-2-3-15(18)14(17)5-11/h2-5,12,16,22H,6-9H2,1H3,(H,19,20)/t12-,16+/m1/s1. The first-order chi connectivity index (χ1) is 10.5. The van der Waals surface area contributed by atoms with Crippen LogP contribution < -0.4 is 0 Å². The van der Waals surface area contributed by atoms with Crippen LogP contribution >= 0.6 is 11.6 Å². The second kappa shape index (κ2) is 6.36. The van der Waals surface area contributed by atoms with E-state index in [1.54, 1.807) is 12.1 Å². The summed E-state index contributed by atoms with van der Waals surface area (Å²) in [7, 11) is 0. The van der Waals surface area contributed by atoms with Gasteiger partial charge in [0, 0.05) is 31.2 Å². The monoisotopic (exact) mass is 323 g/mol. The Bertz CT molecular complexity index is 661. The number of halogens is 2. The van der Waals surface area contributed by atoms with Gasteiger partial charge in [0.25, 0.3) is 0 Å². The topological polar surface area (TPSA) is 52.1 Å². The maximum atomic E-state index is 13.2. The maximum absolute atomic E-state index is 13.2. The van der Waals surface area contributed by atoms with E-state index in [-0.39, 0.29) is 17.0 Å². The first-order valence-electron chi connectivity index (χ1n) is 7.36. The van der Waals surface area contributed by atoms with Crippen LogP contribution in [-0.4, -0.2) is 39.4 Å². The molecule has 0 aliphatic carbocycles. The average molecular weight is 324 g/mol. The molecule has 0 amide bonds. The molecule has 2 heterocycles. The molecule has 3 rings (SSSR count). The molecule has 1 aliphatic heterocycles. The van der Waals surface area contributed by atoms with E-state index in [1.807, 2.05) is 13.0 Å². The van der Waals surface area contributed by atoms with Crippen molar-refractivity contribution in [2.45, 2.75) is 26.0 Å². The van der Waals surface area contributed by atoms with E-state index < -0.39 is 5.82 Å². The Hall–Kier alpha value is -1.43. The zero-order chi connectivity index (χ0) is 15.7. The molecule has 2 aromatic rings. The third-order valence-corrected chi connectivity index (χ3v) is 4.39. The number of hydrogen-bond donors (Lipinski definition) is 2. The van der Waals surface area contributed by atoms with Gasteiger partial charge in [-0.3, -0.25) is 10.00 Å². The zero-order valence-corrected chi connectivity index (χ0v) is 13.1. The Morgan fingerprint density at radius 1 is 1.41 bits per heavy atom. The highest BCUT2D eigenvalue weighted by Gasteiger charge is 2.31. The third kappa shape index (κ3) is 3.48. The van der Waals surface area contributed by atoms with Crippen molar-refractivity contribution < 1.29 is 9.50 Å². The van der Waals surface area contributed by atoms with Gasteiger partial charge in [-0.15, -0.1) is 0 Å². The van der Waals surface area contributed by atoms with Crippen LogP contribution in [0.15, 0.2) is 24.3 Å². The van der Waals surface area contributed by atoms with Crippen molar-refractivity contribution in [2.24, 2.45) is 5.92 Å². The lowest BCUT2D eigenvalue weighted by atomic mass is 10.0. The number of likely N-dealkylation sites (tertiary alicyclic amines) is 1. The minimum atomic E-state index is -0.404. The molecule has 0 bridgehead atoms. The molecule has 1 aromatic carbocycles. The van der Waals surface area contributed by atoms with Gasteiger partial charge in [-0.25, -0.2) is 4.39 Å². The summed E-state index contributed by atoms with van der Waals surface area (Å²) in [5.41, 5.74) is 2.96. The smallest absolute Gasteiger partial charge is 0.141 e. The van der Waals surface area contributed by atoms with Crippen molar-refractivity contribution in [1.29, 1.82) is 0 Å². The number of aromatic nitrogens is 2. The summed E-state index contributed by atoms with van der Waals surface area (Å²) in [6.45, 7) is 4.03. The first kappa shape index (κ1) is 15.5. The van der Waals surface area contributed by atoms with Gasteiger partial charge in [-0.1, -0.05) is 17.7 Å². The molecule has 0 spiro atoms. The molecule has 1 aromatic heterocycles. The summed E-state index contributed by atoms with van der Waals surface area (Å²) < 4.78 is 13.2. The molecule has 6 heteroatoms. The highest BCUT2D eigenvalue weighted by molar-refractivity contribution is 6.30. The van der Waals surface area contributed by atoms with Crippen LogP contribution in [0.25, 0.3) is 0 Å². The molecular formula is C16H19ClFN3O. The fraction of sp³-hybridized carbons (Fsp3) is 0.438. The van der Waals surface area contributed by atoms with Crippen molar-refractivity contribution in [2.75, 3.05) is 13.1 Å². The van der Waals surface area contributed by atoms with Crippen LogP contribution in [0.3, 0.4) is 0 Å². The number of β-amino-alcohol motifs (C(OH)–C–C–N with tert-alkyl or cyclic N) is 1. The second-order valence-electron chi connectivity index (χ2n) is 6.02. The van der Waals surface area contributed by atoms with Crippen LogP contribution in [-0.2, 0) is 13.0 Å². The molecule has 2 N–H and O–H groups in total. The molecule has 1 aliphatic rings. The predicted molar refractivity (Wildman–Crippen MR) is 83.2 cm³/mol. The van der Waals surface area contributed by atoms with E-state index in [0.29, 0.717) is 13.1 Å². The Morgan fingerprint density at radius 3 is 2.91 bits per heavy atom. The van der Waals surface area contributed by atoms with Crippen molar-refractivity contribution >= 4 is 11.6 Å². The van der Waals surface area contributed by atoms with E-state index in [2.05, 4.69) is 15.1 Å². The van der Waals surface area contributed by atoms with Crippen LogP contribution in [0.5, 0.6) is 0 Å². The SMILES string of the molecule is Cc1cc(C[C@@H]2CN(Cc3ccc(F)c(Cl)c3)C[C@@H]2O)n[nH]1. The number of H-pyrrole nitrogens is 1. The van der Waals surface area contributed by atoms with Crippen LogP contribution in [0.2, 0.25) is 5.02 Å². The Morgan fingerprint density at radius 2 is 2.23 bits per heavy atom. The molecule has 0 radical (unpaired) electrons. The van der Waals surface area contributed by atoms with E-state index in [4.69, 9.17) is 11.6 Å². The number of aryl methyl sites for hydroxylation is 1. The summed E-state index contributed by atoms with van der Waals surface area (Å²) in [5, 5.41) is 17.5. The zero-order valence-electron chi connectivity index (χ0n) is 12.4. The molecule has 1 saturated heterocycles. The lowest BCUT2D eigenvalue weighted by Gasteiger charge is -2.15. The Labute approximate surface area is 133 Å². The van der Waals surface area contributed by atoms with Gasteiger partial charge >= 0.3 is 0 Å². The van der Waals surface area contributed by atoms with Crippen LogP contribution in [0.1, 0.15) is 17.0 Å². The lowest BCUT2D eigenvalue weighted by Crippen LogP contribution is -2.21. The molecule has 0 unspecified atom stereocenters. The molecule has 2 atom stereocenters. The van der Waals surface area contributed by atoms with E-state index in [1.165, 1.54) is 6.07 Å². The summed E-state index contributed by atoms with van der Waals surface area (Å²) >= 11 is 5.81. The number of rotatable bonds is 4. The largest absolute Gasteiger partial charge is 0.391 e. The normalized spacial score (nSPS) is 22.4. The van der Waals surface area contributed by atoms with Gasteiger partial charge < -0.3 is 5.11 Å².